The zero-order valence-electron chi connectivity index (χ0n) is 11.0. The third-order valence-corrected chi connectivity index (χ3v) is 3.19. The predicted octanol–water partition coefficient (Wildman–Crippen LogP) is 1.35. The number of anilines is 2. The molecule has 1 aromatic heterocycles. The maximum atomic E-state index is 12.6. The number of nitrogens with one attached hydrogen (secondary N) is 2. The lowest BCUT2D eigenvalue weighted by Crippen LogP contribution is -2.21. The Hall–Kier alpha value is -1.42. The van der Waals surface area contributed by atoms with Gasteiger partial charge in [0.15, 0.2) is 5.69 Å². The zero-order valence-corrected chi connectivity index (χ0v) is 11.8. The summed E-state index contributed by atoms with van der Waals surface area (Å²) >= 11 is 0. The van der Waals surface area contributed by atoms with E-state index in [2.05, 4.69) is 15.3 Å². The normalized spacial score (nSPS) is 14.7. The van der Waals surface area contributed by atoms with Crippen molar-refractivity contribution in [1.29, 1.82) is 0 Å². The van der Waals surface area contributed by atoms with Crippen molar-refractivity contribution in [2.75, 3.05) is 22.8 Å². The van der Waals surface area contributed by atoms with Gasteiger partial charge in [0.05, 0.1) is 0 Å². The average molecular weight is 311 g/mol. The molecule has 0 aliphatic carbocycles. The molecule has 0 saturated heterocycles. The molecule has 0 aliphatic heterocycles. The second-order valence-corrected chi connectivity index (χ2v) is 5.77. The molecule has 0 bridgehead atoms. The van der Waals surface area contributed by atoms with Gasteiger partial charge in [-0.2, -0.15) is 18.2 Å². The summed E-state index contributed by atoms with van der Waals surface area (Å²) in [6, 6.07) is 0.626. The number of nitrogens with zero attached hydrogens (tertiary/aromatic N) is 2. The van der Waals surface area contributed by atoms with Crippen LogP contribution in [0.5, 0.6) is 0 Å². The molecule has 0 radical (unpaired) electrons. The highest BCUT2D eigenvalue weighted by Crippen LogP contribution is 2.29. The van der Waals surface area contributed by atoms with Gasteiger partial charge >= 0.3 is 6.18 Å². The molecule has 0 aliphatic rings. The molecule has 20 heavy (non-hydrogen) atoms. The minimum atomic E-state index is -4.58. The molecular formula is C10H16F3N5OS. The Bertz CT molecular complexity index is 482. The van der Waals surface area contributed by atoms with E-state index in [9.17, 15) is 17.4 Å². The van der Waals surface area contributed by atoms with E-state index in [4.69, 9.17) is 5.84 Å². The van der Waals surface area contributed by atoms with E-state index < -0.39 is 22.7 Å². The molecule has 2 atom stereocenters. The standard InChI is InChI=1S/C10H16F3N5OS/c1-6(3-4-20(2)19)15-8-5-7(10(11,12)13)16-9(17-8)18-14/h5-6H,3-4,14H2,1-2H3,(H2,15,16,17,18). The summed E-state index contributed by atoms with van der Waals surface area (Å²) in [4.78, 5) is 7.04. The van der Waals surface area contributed by atoms with Gasteiger partial charge in [0, 0.05) is 34.9 Å². The second kappa shape index (κ2) is 6.84. The molecule has 0 aromatic carbocycles. The lowest BCUT2D eigenvalue weighted by molar-refractivity contribution is -0.141. The topological polar surface area (TPSA) is 92.9 Å². The number of nitrogen functional groups attached to an aromatic ring is 1. The SMILES string of the molecule is CC(CCS(C)=O)Nc1cc(C(F)(F)F)nc(NN)n1. The van der Waals surface area contributed by atoms with Gasteiger partial charge in [-0.25, -0.2) is 10.8 Å². The maximum Gasteiger partial charge on any atom is 0.433 e. The van der Waals surface area contributed by atoms with Crippen molar-refractivity contribution in [2.24, 2.45) is 5.84 Å². The summed E-state index contributed by atoms with van der Waals surface area (Å²) in [6.45, 7) is 1.76. The van der Waals surface area contributed by atoms with E-state index in [0.29, 0.717) is 12.2 Å². The van der Waals surface area contributed by atoms with Crippen LogP contribution in [0.15, 0.2) is 6.07 Å². The average Bonchev–Trinajstić information content (AvgIpc) is 2.34. The Morgan fingerprint density at radius 3 is 2.60 bits per heavy atom. The van der Waals surface area contributed by atoms with Crippen LogP contribution in [-0.2, 0) is 17.0 Å². The van der Waals surface area contributed by atoms with E-state index in [-0.39, 0.29) is 17.8 Å². The molecule has 0 amide bonds. The Morgan fingerprint density at radius 1 is 1.45 bits per heavy atom. The highest BCUT2D eigenvalue weighted by atomic mass is 32.2. The van der Waals surface area contributed by atoms with Crippen molar-refractivity contribution < 1.29 is 17.4 Å². The number of hydrazine groups is 1. The van der Waals surface area contributed by atoms with Crippen LogP contribution in [0.4, 0.5) is 24.9 Å². The maximum absolute atomic E-state index is 12.6. The second-order valence-electron chi connectivity index (χ2n) is 4.22. The molecule has 6 nitrogen and oxygen atoms in total. The smallest absolute Gasteiger partial charge is 0.367 e. The van der Waals surface area contributed by atoms with Gasteiger partial charge in [0.2, 0.25) is 5.95 Å². The van der Waals surface area contributed by atoms with Crippen LogP contribution in [0.2, 0.25) is 0 Å². The van der Waals surface area contributed by atoms with Crippen LogP contribution in [0, 0.1) is 0 Å². The van der Waals surface area contributed by atoms with E-state index in [1.807, 2.05) is 5.43 Å². The summed E-state index contributed by atoms with van der Waals surface area (Å²) < 4.78 is 48.9. The van der Waals surface area contributed by atoms with Crippen molar-refractivity contribution in [3.05, 3.63) is 11.8 Å². The van der Waals surface area contributed by atoms with Crippen LogP contribution < -0.4 is 16.6 Å². The third kappa shape index (κ3) is 5.29. The van der Waals surface area contributed by atoms with Crippen LogP contribution in [-0.4, -0.2) is 32.2 Å². The summed E-state index contributed by atoms with van der Waals surface area (Å²) in [5.41, 5.74) is 0.904. The predicted molar refractivity (Wildman–Crippen MR) is 71.5 cm³/mol. The van der Waals surface area contributed by atoms with Crippen molar-refractivity contribution in [2.45, 2.75) is 25.6 Å². The number of halogens is 3. The van der Waals surface area contributed by atoms with E-state index >= 15 is 0 Å². The van der Waals surface area contributed by atoms with Gasteiger partial charge in [-0.05, 0) is 13.3 Å². The molecule has 114 valence electrons. The Labute approximate surface area is 116 Å². The monoisotopic (exact) mass is 311 g/mol. The third-order valence-electron chi connectivity index (χ3n) is 2.38. The minimum Gasteiger partial charge on any atom is -0.367 e. The quantitative estimate of drug-likeness (QED) is 0.542. The Balaban J connectivity index is 2.86. The summed E-state index contributed by atoms with van der Waals surface area (Å²) in [5, 5.41) is 2.80. The molecule has 4 N–H and O–H groups in total. The fraction of sp³-hybridized carbons (Fsp3) is 0.600. The van der Waals surface area contributed by atoms with Crippen LogP contribution >= 0.6 is 0 Å². The van der Waals surface area contributed by atoms with Gasteiger partial charge in [0.1, 0.15) is 5.82 Å². The van der Waals surface area contributed by atoms with Crippen LogP contribution in [0.25, 0.3) is 0 Å². The molecular weight excluding hydrogens is 295 g/mol. The fourth-order valence-electron chi connectivity index (χ4n) is 1.40. The van der Waals surface area contributed by atoms with Crippen molar-refractivity contribution >= 4 is 22.6 Å². The zero-order chi connectivity index (χ0) is 15.3. The van der Waals surface area contributed by atoms with Gasteiger partial charge in [-0.3, -0.25) is 9.63 Å². The summed E-state index contributed by atoms with van der Waals surface area (Å²) in [5.74, 6) is 5.19. The number of aromatic nitrogens is 2. The van der Waals surface area contributed by atoms with Gasteiger partial charge in [-0.1, -0.05) is 0 Å². The molecule has 10 heteroatoms. The first-order valence-electron chi connectivity index (χ1n) is 5.72. The highest BCUT2D eigenvalue weighted by molar-refractivity contribution is 7.84. The molecule has 0 spiro atoms. The van der Waals surface area contributed by atoms with Crippen molar-refractivity contribution in [3.8, 4) is 0 Å². The van der Waals surface area contributed by atoms with Gasteiger partial charge in [0.25, 0.3) is 0 Å². The van der Waals surface area contributed by atoms with Crippen molar-refractivity contribution in [1.82, 2.24) is 9.97 Å². The fourth-order valence-corrected chi connectivity index (χ4v) is 2.08. The molecule has 1 aromatic rings. The molecule has 1 rings (SSSR count). The number of rotatable bonds is 6. The van der Waals surface area contributed by atoms with Gasteiger partial charge in [-0.15, -0.1) is 0 Å². The van der Waals surface area contributed by atoms with Crippen LogP contribution in [0.1, 0.15) is 19.0 Å². The first kappa shape index (κ1) is 16.6. The molecule has 0 saturated carbocycles. The van der Waals surface area contributed by atoms with E-state index in [1.54, 1.807) is 13.2 Å². The summed E-state index contributed by atoms with van der Waals surface area (Å²) in [7, 11) is -0.954. The van der Waals surface area contributed by atoms with Gasteiger partial charge < -0.3 is 5.32 Å². The number of hydrogen-bond acceptors (Lipinski definition) is 6. The van der Waals surface area contributed by atoms with Crippen LogP contribution in [0.3, 0.4) is 0 Å². The summed E-state index contributed by atoms with van der Waals surface area (Å²) in [6.07, 6.45) is -2.48. The number of hydrogen-bond donors (Lipinski definition) is 3. The molecule has 2 unspecified atom stereocenters. The van der Waals surface area contributed by atoms with E-state index in [0.717, 1.165) is 6.07 Å². The lowest BCUT2D eigenvalue weighted by Gasteiger charge is -2.16. The molecule has 0 fully saturated rings. The minimum absolute atomic E-state index is 0.00894. The molecule has 1 heterocycles. The van der Waals surface area contributed by atoms with Crippen molar-refractivity contribution in [3.63, 3.8) is 0 Å². The first-order valence-corrected chi connectivity index (χ1v) is 7.44. The first-order chi connectivity index (χ1) is 9.22. The Kier molecular flexibility index (Phi) is 5.69. The van der Waals surface area contributed by atoms with E-state index in [1.165, 1.54) is 0 Å². The highest BCUT2D eigenvalue weighted by Gasteiger charge is 2.33. The number of alkyl halides is 3. The Morgan fingerprint density at radius 2 is 2.10 bits per heavy atom. The largest absolute Gasteiger partial charge is 0.433 e. The lowest BCUT2D eigenvalue weighted by atomic mass is 10.2. The number of nitrogens with two attached hydrogens (primary N) is 1.